The van der Waals surface area contributed by atoms with Crippen LogP contribution in [0.25, 0.3) is 0 Å². The Kier molecular flexibility index (Phi) is 5.73. The van der Waals surface area contributed by atoms with Gasteiger partial charge in [-0.1, -0.05) is 23.8 Å². The quantitative estimate of drug-likeness (QED) is 0.858. The van der Waals surface area contributed by atoms with Gasteiger partial charge in [0, 0.05) is 0 Å². The highest BCUT2D eigenvalue weighted by molar-refractivity contribution is 6.08. The molecule has 0 saturated heterocycles. The summed E-state index contributed by atoms with van der Waals surface area (Å²) in [6.45, 7) is 1.91. The van der Waals surface area contributed by atoms with Crippen molar-refractivity contribution in [3.8, 4) is 5.75 Å². The van der Waals surface area contributed by atoms with Crippen molar-refractivity contribution in [2.75, 3.05) is 19.5 Å². The fraction of sp³-hybridized carbons (Fsp3) is 0.167. The monoisotopic (exact) mass is 343 g/mol. The lowest BCUT2D eigenvalue weighted by molar-refractivity contribution is 0.0556. The van der Waals surface area contributed by atoms with Crippen molar-refractivity contribution in [3.63, 3.8) is 0 Å². The Morgan fingerprint density at radius 2 is 1.52 bits per heavy atom. The van der Waals surface area contributed by atoms with E-state index in [0.717, 1.165) is 5.56 Å². The third-order valence-electron chi connectivity index (χ3n) is 3.33. The van der Waals surface area contributed by atoms with E-state index in [1.807, 2.05) is 6.92 Å². The van der Waals surface area contributed by atoms with Crippen molar-refractivity contribution in [2.24, 2.45) is 0 Å². The Morgan fingerprint density at radius 3 is 2.12 bits per heavy atom. The van der Waals surface area contributed by atoms with E-state index in [-0.39, 0.29) is 16.8 Å². The van der Waals surface area contributed by atoms with Gasteiger partial charge in [-0.25, -0.2) is 14.4 Å². The fourth-order valence-electron chi connectivity index (χ4n) is 2.11. The van der Waals surface area contributed by atoms with Gasteiger partial charge in [0.2, 0.25) is 0 Å². The zero-order valence-electron chi connectivity index (χ0n) is 14.0. The summed E-state index contributed by atoms with van der Waals surface area (Å²) < 4.78 is 14.5. The number of hydrogen-bond acceptors (Lipinski definition) is 6. The highest BCUT2D eigenvalue weighted by Gasteiger charge is 2.23. The van der Waals surface area contributed by atoms with Gasteiger partial charge in [-0.3, -0.25) is 5.32 Å². The second-order valence-corrected chi connectivity index (χ2v) is 5.04. The van der Waals surface area contributed by atoms with Crippen LogP contribution in [0, 0.1) is 6.92 Å². The number of carbonyl (C=O) groups is 3. The zero-order chi connectivity index (χ0) is 18.4. The Labute approximate surface area is 144 Å². The Balaban J connectivity index is 2.28. The minimum atomic E-state index is -0.809. The number of amides is 1. The lowest BCUT2D eigenvalue weighted by atomic mass is 10.1. The van der Waals surface area contributed by atoms with Gasteiger partial charge in [0.1, 0.15) is 5.75 Å². The molecule has 0 radical (unpaired) electrons. The summed E-state index contributed by atoms with van der Waals surface area (Å²) in [6, 6.07) is 11.2. The first-order valence-corrected chi connectivity index (χ1v) is 7.31. The van der Waals surface area contributed by atoms with Crippen LogP contribution >= 0.6 is 0 Å². The minimum Gasteiger partial charge on any atom is -0.465 e. The van der Waals surface area contributed by atoms with Gasteiger partial charge in [-0.05, 0) is 31.2 Å². The first-order valence-electron chi connectivity index (χ1n) is 7.31. The molecule has 7 nitrogen and oxygen atoms in total. The molecule has 0 aliphatic carbocycles. The molecule has 1 amide bonds. The van der Waals surface area contributed by atoms with Crippen LogP contribution in [0.4, 0.5) is 10.5 Å². The number of methoxy groups -OCH3 is 2. The van der Waals surface area contributed by atoms with Gasteiger partial charge in [0.25, 0.3) is 0 Å². The van der Waals surface area contributed by atoms with Crippen molar-refractivity contribution in [1.82, 2.24) is 0 Å². The van der Waals surface area contributed by atoms with Gasteiger partial charge in [-0.2, -0.15) is 0 Å². The number of esters is 2. The molecular weight excluding hydrogens is 326 g/mol. The first kappa shape index (κ1) is 18.0. The Morgan fingerprint density at radius 1 is 0.880 bits per heavy atom. The Hall–Kier alpha value is -3.35. The smallest absolute Gasteiger partial charge is 0.417 e. The molecule has 0 aromatic heterocycles. The minimum absolute atomic E-state index is 0.0255. The number of benzene rings is 2. The van der Waals surface area contributed by atoms with E-state index in [9.17, 15) is 14.4 Å². The normalized spacial score (nSPS) is 9.88. The van der Waals surface area contributed by atoms with Crippen LogP contribution in [0.2, 0.25) is 0 Å². The molecule has 0 atom stereocenters. The molecule has 7 heteroatoms. The van der Waals surface area contributed by atoms with Gasteiger partial charge in [-0.15, -0.1) is 0 Å². The third kappa shape index (κ3) is 4.35. The van der Waals surface area contributed by atoms with Gasteiger partial charge in [0.05, 0.1) is 31.0 Å². The maximum atomic E-state index is 12.1. The summed E-state index contributed by atoms with van der Waals surface area (Å²) in [6.07, 6.45) is -0.809. The topological polar surface area (TPSA) is 90.9 Å². The highest BCUT2D eigenvalue weighted by atomic mass is 16.6. The van der Waals surface area contributed by atoms with Crippen molar-refractivity contribution in [1.29, 1.82) is 0 Å². The molecule has 0 spiro atoms. The van der Waals surface area contributed by atoms with E-state index in [1.54, 1.807) is 24.3 Å². The lowest BCUT2D eigenvalue weighted by Gasteiger charge is -2.13. The van der Waals surface area contributed by atoms with Crippen molar-refractivity contribution in [3.05, 3.63) is 59.2 Å². The summed E-state index contributed by atoms with van der Waals surface area (Å²) in [5, 5.41) is 2.44. The van der Waals surface area contributed by atoms with Gasteiger partial charge in [0.15, 0.2) is 0 Å². The number of aryl methyl sites for hydroxylation is 1. The van der Waals surface area contributed by atoms with Crippen LogP contribution in [-0.2, 0) is 9.47 Å². The molecule has 0 bridgehead atoms. The molecule has 0 aliphatic rings. The van der Waals surface area contributed by atoms with Crippen molar-refractivity contribution < 1.29 is 28.6 Å². The summed E-state index contributed by atoms with van der Waals surface area (Å²) in [4.78, 5) is 36.0. The number of rotatable bonds is 4. The number of hydrogen-bond donors (Lipinski definition) is 1. The lowest BCUT2D eigenvalue weighted by Crippen LogP contribution is -2.21. The largest absolute Gasteiger partial charge is 0.465 e. The van der Waals surface area contributed by atoms with E-state index >= 15 is 0 Å². The molecule has 0 unspecified atom stereocenters. The second kappa shape index (κ2) is 7.96. The average Bonchev–Trinajstić information content (AvgIpc) is 2.62. The van der Waals surface area contributed by atoms with E-state index in [2.05, 4.69) is 14.8 Å². The van der Waals surface area contributed by atoms with Crippen molar-refractivity contribution in [2.45, 2.75) is 6.92 Å². The maximum Gasteiger partial charge on any atom is 0.417 e. The molecule has 1 N–H and O–H groups in total. The number of ether oxygens (including phenoxy) is 3. The molecule has 0 saturated carbocycles. The standard InChI is InChI=1S/C18H17NO6/c1-11-7-9-12(10-8-11)25-18(22)19-14-6-4-5-13(16(20)23-2)15(14)17(21)24-3/h4-10H,1-3H3,(H,19,22). The van der Waals surface area contributed by atoms with E-state index < -0.39 is 18.0 Å². The van der Waals surface area contributed by atoms with Gasteiger partial charge < -0.3 is 14.2 Å². The second-order valence-electron chi connectivity index (χ2n) is 5.04. The predicted molar refractivity (Wildman–Crippen MR) is 89.9 cm³/mol. The molecule has 0 heterocycles. The van der Waals surface area contributed by atoms with Crippen LogP contribution in [0.1, 0.15) is 26.3 Å². The number of nitrogens with one attached hydrogen (secondary N) is 1. The predicted octanol–water partition coefficient (Wildman–Crippen LogP) is 3.18. The molecule has 0 aliphatic heterocycles. The van der Waals surface area contributed by atoms with E-state index in [0.29, 0.717) is 5.75 Å². The van der Waals surface area contributed by atoms with Crippen LogP contribution in [-0.4, -0.2) is 32.3 Å². The summed E-state index contributed by atoms with van der Waals surface area (Å²) in [5.74, 6) is -1.17. The first-order chi connectivity index (χ1) is 12.0. The zero-order valence-corrected chi connectivity index (χ0v) is 14.0. The van der Waals surface area contributed by atoms with Crippen LogP contribution in [0.3, 0.4) is 0 Å². The highest BCUT2D eigenvalue weighted by Crippen LogP contribution is 2.23. The van der Waals surface area contributed by atoms with Crippen molar-refractivity contribution >= 4 is 23.7 Å². The molecule has 2 rings (SSSR count). The number of anilines is 1. The summed E-state index contributed by atoms with van der Waals surface area (Å²) >= 11 is 0. The van der Waals surface area contributed by atoms with E-state index in [4.69, 9.17) is 4.74 Å². The average molecular weight is 343 g/mol. The van der Waals surface area contributed by atoms with E-state index in [1.165, 1.54) is 32.4 Å². The third-order valence-corrected chi connectivity index (χ3v) is 3.33. The fourth-order valence-corrected chi connectivity index (χ4v) is 2.11. The van der Waals surface area contributed by atoms with Crippen LogP contribution < -0.4 is 10.1 Å². The number of carbonyl (C=O) groups excluding carboxylic acids is 3. The molecule has 2 aromatic carbocycles. The molecule has 0 fully saturated rings. The van der Waals surface area contributed by atoms with Gasteiger partial charge >= 0.3 is 18.0 Å². The SMILES string of the molecule is COC(=O)c1cccc(NC(=O)Oc2ccc(C)cc2)c1C(=O)OC. The molecule has 25 heavy (non-hydrogen) atoms. The molecule has 130 valence electrons. The summed E-state index contributed by atoms with van der Waals surface area (Å²) in [7, 11) is 2.36. The maximum absolute atomic E-state index is 12.1. The molecular formula is C18H17NO6. The Bertz CT molecular complexity index is 798. The molecule has 2 aromatic rings. The van der Waals surface area contributed by atoms with Crippen LogP contribution in [0.5, 0.6) is 5.75 Å². The summed E-state index contributed by atoms with van der Waals surface area (Å²) in [5.41, 5.74) is 0.957. The van der Waals surface area contributed by atoms with Crippen LogP contribution in [0.15, 0.2) is 42.5 Å².